The monoisotopic (exact) mass is 435 g/mol. The van der Waals surface area contributed by atoms with Crippen molar-refractivity contribution in [3.8, 4) is 0 Å². The molecule has 2 heteroatoms. The third kappa shape index (κ3) is 3.60. The average molecular weight is 436 g/mol. The highest BCUT2D eigenvalue weighted by Crippen LogP contribution is 2.67. The van der Waals surface area contributed by atoms with Gasteiger partial charge in [0.05, 0.1) is 6.10 Å². The van der Waals surface area contributed by atoms with E-state index < -0.39 is 0 Å². The Hall–Kier alpha value is -1.15. The van der Waals surface area contributed by atoms with E-state index in [2.05, 4.69) is 45.9 Å². The smallest absolute Gasteiger partial charge is 0.0577 e. The van der Waals surface area contributed by atoms with Crippen molar-refractivity contribution in [3.05, 3.63) is 41.2 Å². The SMILES string of the molecule is CCc1cccnc1CCC(C)[C@H]1CC[C@H]2[C@@H]3CC=C4C[C@@H](O)CC[C@]4(C)[C@H]3CC[C@]12C. The summed E-state index contributed by atoms with van der Waals surface area (Å²) in [6.07, 6.45) is 18.1. The Morgan fingerprint density at radius 2 is 1.97 bits per heavy atom. The van der Waals surface area contributed by atoms with E-state index >= 15 is 0 Å². The fourth-order valence-electron chi connectivity index (χ4n) is 9.20. The maximum Gasteiger partial charge on any atom is 0.0577 e. The molecule has 1 N–H and O–H groups in total. The quantitative estimate of drug-likeness (QED) is 0.498. The molecule has 4 aliphatic carbocycles. The van der Waals surface area contributed by atoms with Gasteiger partial charge >= 0.3 is 0 Å². The number of hydrogen-bond acceptors (Lipinski definition) is 2. The van der Waals surface area contributed by atoms with Crippen LogP contribution >= 0.6 is 0 Å². The fourth-order valence-corrected chi connectivity index (χ4v) is 9.20. The Kier molecular flexibility index (Phi) is 6.06. The average Bonchev–Trinajstić information content (AvgIpc) is 3.15. The largest absolute Gasteiger partial charge is 0.393 e. The molecule has 1 unspecified atom stereocenters. The number of allylic oxidation sites excluding steroid dienone is 1. The van der Waals surface area contributed by atoms with Crippen LogP contribution < -0.4 is 0 Å². The molecule has 3 saturated carbocycles. The standard InChI is InChI=1S/C30H45NO/c1-5-21-7-6-18-31-28(21)13-8-20(2)25-11-12-26-24-10-9-22-19-23(32)14-16-29(22,3)27(24)15-17-30(25,26)4/h6-7,9,18,20,23-27,32H,5,8,10-17,19H2,1-4H3/t20?,23-,24-,25+,26-,27-,29-,30+/m0/s1. The maximum absolute atomic E-state index is 10.3. The van der Waals surface area contributed by atoms with Gasteiger partial charge in [-0.25, -0.2) is 0 Å². The summed E-state index contributed by atoms with van der Waals surface area (Å²) in [5, 5.41) is 10.3. The van der Waals surface area contributed by atoms with Crippen LogP contribution in [0.15, 0.2) is 30.0 Å². The molecule has 4 aliphatic rings. The summed E-state index contributed by atoms with van der Waals surface area (Å²) in [7, 11) is 0. The molecule has 0 aromatic carbocycles. The van der Waals surface area contributed by atoms with Crippen LogP contribution in [0.3, 0.4) is 0 Å². The van der Waals surface area contributed by atoms with E-state index in [0.717, 1.165) is 55.3 Å². The van der Waals surface area contributed by atoms with Crippen LogP contribution in [-0.4, -0.2) is 16.2 Å². The summed E-state index contributed by atoms with van der Waals surface area (Å²) in [6, 6.07) is 4.35. The van der Waals surface area contributed by atoms with Crippen molar-refractivity contribution >= 4 is 0 Å². The lowest BCUT2D eigenvalue weighted by molar-refractivity contribution is -0.0571. The molecule has 0 spiro atoms. The van der Waals surface area contributed by atoms with Gasteiger partial charge in [0.2, 0.25) is 0 Å². The van der Waals surface area contributed by atoms with E-state index in [1.54, 1.807) is 5.57 Å². The lowest BCUT2D eigenvalue weighted by Crippen LogP contribution is -2.50. The molecule has 0 aliphatic heterocycles. The first-order valence-corrected chi connectivity index (χ1v) is 13.7. The molecule has 3 fully saturated rings. The lowest BCUT2D eigenvalue weighted by atomic mass is 9.47. The molecule has 0 bridgehead atoms. The molecule has 8 atom stereocenters. The normalized spacial score (nSPS) is 41.9. The summed E-state index contributed by atoms with van der Waals surface area (Å²) in [5.41, 5.74) is 5.26. The zero-order valence-electron chi connectivity index (χ0n) is 20.9. The van der Waals surface area contributed by atoms with Crippen molar-refractivity contribution in [1.82, 2.24) is 4.98 Å². The predicted octanol–water partition coefficient (Wildman–Crippen LogP) is 7.15. The van der Waals surface area contributed by atoms with Crippen molar-refractivity contribution in [2.24, 2.45) is 40.4 Å². The van der Waals surface area contributed by atoms with Crippen LogP contribution in [-0.2, 0) is 12.8 Å². The van der Waals surface area contributed by atoms with Crippen LogP contribution in [0.5, 0.6) is 0 Å². The second kappa shape index (κ2) is 8.57. The van der Waals surface area contributed by atoms with Crippen LogP contribution in [0.25, 0.3) is 0 Å². The number of hydrogen-bond donors (Lipinski definition) is 1. The van der Waals surface area contributed by atoms with E-state index in [1.165, 1.54) is 56.2 Å². The van der Waals surface area contributed by atoms with Gasteiger partial charge in [-0.05, 0) is 123 Å². The fraction of sp³-hybridized carbons (Fsp3) is 0.767. The van der Waals surface area contributed by atoms with Crippen LogP contribution in [0, 0.1) is 40.4 Å². The first-order valence-electron chi connectivity index (χ1n) is 13.7. The Morgan fingerprint density at radius 3 is 2.78 bits per heavy atom. The van der Waals surface area contributed by atoms with E-state index in [1.807, 2.05) is 6.20 Å². The Balaban J connectivity index is 1.30. The Morgan fingerprint density at radius 1 is 1.12 bits per heavy atom. The summed E-state index contributed by atoms with van der Waals surface area (Å²) >= 11 is 0. The molecule has 1 aromatic rings. The highest BCUT2D eigenvalue weighted by Gasteiger charge is 2.59. The van der Waals surface area contributed by atoms with Gasteiger partial charge < -0.3 is 5.11 Å². The van der Waals surface area contributed by atoms with E-state index in [0.29, 0.717) is 10.8 Å². The molecule has 2 nitrogen and oxygen atoms in total. The van der Waals surface area contributed by atoms with Gasteiger partial charge in [-0.3, -0.25) is 4.98 Å². The van der Waals surface area contributed by atoms with Gasteiger partial charge in [-0.1, -0.05) is 45.4 Å². The van der Waals surface area contributed by atoms with Crippen molar-refractivity contribution in [3.63, 3.8) is 0 Å². The molecule has 176 valence electrons. The van der Waals surface area contributed by atoms with E-state index in [-0.39, 0.29) is 6.10 Å². The Bertz CT molecular complexity index is 860. The van der Waals surface area contributed by atoms with Crippen molar-refractivity contribution < 1.29 is 5.11 Å². The second-order valence-electron chi connectivity index (χ2n) is 12.4. The minimum atomic E-state index is -0.0937. The molecule has 5 rings (SSSR count). The summed E-state index contributed by atoms with van der Waals surface area (Å²) in [5.74, 6) is 4.27. The number of pyridine rings is 1. The van der Waals surface area contributed by atoms with Gasteiger partial charge in [0.1, 0.15) is 0 Å². The highest BCUT2D eigenvalue weighted by atomic mass is 16.3. The third-order valence-corrected chi connectivity index (χ3v) is 11.0. The van der Waals surface area contributed by atoms with E-state index in [4.69, 9.17) is 4.98 Å². The zero-order chi connectivity index (χ0) is 22.5. The number of rotatable bonds is 5. The van der Waals surface area contributed by atoms with E-state index in [9.17, 15) is 5.11 Å². The number of nitrogens with zero attached hydrogens (tertiary/aromatic N) is 1. The van der Waals surface area contributed by atoms with Gasteiger partial charge in [-0.15, -0.1) is 0 Å². The van der Waals surface area contributed by atoms with Crippen molar-refractivity contribution in [2.75, 3.05) is 0 Å². The molecular formula is C30H45NO. The number of fused-ring (bicyclic) bond motifs is 5. The molecule has 32 heavy (non-hydrogen) atoms. The third-order valence-electron chi connectivity index (χ3n) is 11.0. The second-order valence-corrected chi connectivity index (χ2v) is 12.4. The molecular weight excluding hydrogens is 390 g/mol. The first-order chi connectivity index (χ1) is 15.4. The summed E-state index contributed by atoms with van der Waals surface area (Å²) in [6.45, 7) is 10.0. The van der Waals surface area contributed by atoms with Gasteiger partial charge in [0.15, 0.2) is 0 Å². The number of aliphatic hydroxyl groups excluding tert-OH is 1. The van der Waals surface area contributed by atoms with Crippen LogP contribution in [0.2, 0.25) is 0 Å². The molecule has 1 heterocycles. The maximum atomic E-state index is 10.3. The van der Waals surface area contributed by atoms with Crippen LogP contribution in [0.1, 0.15) is 96.7 Å². The molecule has 0 amide bonds. The molecule has 0 radical (unpaired) electrons. The number of aliphatic hydroxyl groups is 1. The predicted molar refractivity (Wildman–Crippen MR) is 132 cm³/mol. The molecule has 1 aromatic heterocycles. The molecule has 0 saturated heterocycles. The lowest BCUT2D eigenvalue weighted by Gasteiger charge is -2.58. The van der Waals surface area contributed by atoms with Crippen molar-refractivity contribution in [1.29, 1.82) is 0 Å². The number of aromatic nitrogens is 1. The summed E-state index contributed by atoms with van der Waals surface area (Å²) < 4.78 is 0. The van der Waals surface area contributed by atoms with Crippen LogP contribution in [0.4, 0.5) is 0 Å². The zero-order valence-corrected chi connectivity index (χ0v) is 20.9. The number of aryl methyl sites for hydroxylation is 2. The van der Waals surface area contributed by atoms with Gasteiger partial charge in [-0.2, -0.15) is 0 Å². The minimum absolute atomic E-state index is 0.0937. The highest BCUT2D eigenvalue weighted by molar-refractivity contribution is 5.25. The van der Waals surface area contributed by atoms with Crippen molar-refractivity contribution in [2.45, 2.75) is 104 Å². The minimum Gasteiger partial charge on any atom is -0.393 e. The van der Waals surface area contributed by atoms with Gasteiger partial charge in [0, 0.05) is 11.9 Å². The van der Waals surface area contributed by atoms with Gasteiger partial charge in [0.25, 0.3) is 0 Å². The summed E-state index contributed by atoms with van der Waals surface area (Å²) in [4.78, 5) is 4.73. The topological polar surface area (TPSA) is 33.1 Å². The Labute approximate surface area is 196 Å². The first kappa shape index (κ1) is 22.6.